The minimum absolute atomic E-state index is 0.127. The fourth-order valence-corrected chi connectivity index (χ4v) is 3.29. The van der Waals surface area contributed by atoms with Gasteiger partial charge in [0.2, 0.25) is 0 Å². The monoisotopic (exact) mass is 334 g/mol. The molecule has 0 unspecified atom stereocenters. The summed E-state index contributed by atoms with van der Waals surface area (Å²) >= 11 is 0. The Morgan fingerprint density at radius 3 is 2.62 bits per heavy atom. The SMILES string of the molecule is CO[C@@]1(C)[C@H](O)C(=O)C(C)=C2OCc3c(C)cc(O)c(C)c3O[C@H]21. The quantitative estimate of drug-likeness (QED) is 0.816. The summed E-state index contributed by atoms with van der Waals surface area (Å²) in [6, 6.07) is 1.66. The maximum atomic E-state index is 12.4. The molecule has 0 saturated heterocycles. The molecule has 2 aliphatic rings. The largest absolute Gasteiger partial charge is 0.508 e. The van der Waals surface area contributed by atoms with Crippen LogP contribution in [0.4, 0.5) is 0 Å². The van der Waals surface area contributed by atoms with Gasteiger partial charge in [-0.15, -0.1) is 0 Å². The van der Waals surface area contributed by atoms with Crippen LogP contribution in [-0.2, 0) is 20.9 Å². The molecule has 130 valence electrons. The summed E-state index contributed by atoms with van der Waals surface area (Å²) in [6.45, 7) is 7.06. The van der Waals surface area contributed by atoms with Gasteiger partial charge in [0.15, 0.2) is 11.9 Å². The van der Waals surface area contributed by atoms with Crippen LogP contribution in [0.15, 0.2) is 17.4 Å². The van der Waals surface area contributed by atoms with Gasteiger partial charge in [-0.3, -0.25) is 4.79 Å². The zero-order valence-electron chi connectivity index (χ0n) is 14.5. The Balaban J connectivity index is 2.22. The Kier molecular flexibility index (Phi) is 3.85. The third kappa shape index (κ3) is 2.13. The van der Waals surface area contributed by atoms with Crippen LogP contribution in [0.2, 0.25) is 0 Å². The van der Waals surface area contributed by atoms with E-state index in [0.29, 0.717) is 22.6 Å². The molecule has 0 aromatic heterocycles. The molecule has 1 aromatic carbocycles. The first-order valence-electron chi connectivity index (χ1n) is 7.82. The topological polar surface area (TPSA) is 85.2 Å². The smallest absolute Gasteiger partial charge is 0.193 e. The zero-order chi connectivity index (χ0) is 17.8. The van der Waals surface area contributed by atoms with Crippen LogP contribution < -0.4 is 4.74 Å². The van der Waals surface area contributed by atoms with Crippen molar-refractivity contribution in [3.8, 4) is 11.5 Å². The predicted octanol–water partition coefficient (Wildman–Crippen LogP) is 1.91. The van der Waals surface area contributed by atoms with E-state index in [2.05, 4.69) is 0 Å². The second-order valence-corrected chi connectivity index (χ2v) is 6.58. The number of aryl methyl sites for hydroxylation is 1. The minimum Gasteiger partial charge on any atom is -0.508 e. The van der Waals surface area contributed by atoms with E-state index in [4.69, 9.17) is 14.2 Å². The van der Waals surface area contributed by atoms with Crippen molar-refractivity contribution in [1.29, 1.82) is 0 Å². The number of ether oxygens (including phenoxy) is 3. The highest BCUT2D eigenvalue weighted by Gasteiger charge is 2.55. The Morgan fingerprint density at radius 1 is 1.33 bits per heavy atom. The van der Waals surface area contributed by atoms with E-state index in [9.17, 15) is 15.0 Å². The van der Waals surface area contributed by atoms with Gasteiger partial charge in [0, 0.05) is 23.8 Å². The van der Waals surface area contributed by atoms with Crippen molar-refractivity contribution in [3.63, 3.8) is 0 Å². The summed E-state index contributed by atoms with van der Waals surface area (Å²) in [5.74, 6) is 0.563. The number of carbonyl (C=O) groups excluding carboxylic acids is 1. The minimum atomic E-state index is -1.36. The number of hydrogen-bond acceptors (Lipinski definition) is 6. The van der Waals surface area contributed by atoms with E-state index < -0.39 is 23.6 Å². The molecule has 2 N–H and O–H groups in total. The number of aliphatic hydroxyl groups is 1. The number of ketones is 1. The number of benzene rings is 1. The van der Waals surface area contributed by atoms with Crippen LogP contribution >= 0.6 is 0 Å². The van der Waals surface area contributed by atoms with Crippen LogP contribution in [0.25, 0.3) is 0 Å². The summed E-state index contributed by atoms with van der Waals surface area (Å²) in [5, 5.41) is 20.5. The molecule has 6 nitrogen and oxygen atoms in total. The van der Waals surface area contributed by atoms with E-state index in [0.717, 1.165) is 11.1 Å². The van der Waals surface area contributed by atoms with Crippen LogP contribution in [0.1, 0.15) is 30.5 Å². The maximum absolute atomic E-state index is 12.4. The number of aliphatic hydroxyl groups excluding tert-OH is 1. The molecule has 3 rings (SSSR count). The first kappa shape index (κ1) is 16.8. The molecule has 1 aliphatic heterocycles. The highest BCUT2D eigenvalue weighted by atomic mass is 16.6. The van der Waals surface area contributed by atoms with E-state index in [-0.39, 0.29) is 12.4 Å². The van der Waals surface area contributed by atoms with Gasteiger partial charge in [-0.05, 0) is 39.3 Å². The van der Waals surface area contributed by atoms with E-state index in [1.165, 1.54) is 7.11 Å². The number of fused-ring (bicyclic) bond motifs is 2. The highest BCUT2D eigenvalue weighted by Crippen LogP contribution is 2.44. The van der Waals surface area contributed by atoms with Gasteiger partial charge < -0.3 is 24.4 Å². The average Bonchev–Trinajstić information content (AvgIpc) is 2.77. The summed E-state index contributed by atoms with van der Waals surface area (Å²) < 4.78 is 17.5. The van der Waals surface area contributed by atoms with Crippen molar-refractivity contribution in [2.45, 2.75) is 52.1 Å². The summed E-state index contributed by atoms with van der Waals surface area (Å²) in [6.07, 6.45) is -2.16. The maximum Gasteiger partial charge on any atom is 0.193 e. The number of carbonyl (C=O) groups is 1. The lowest BCUT2D eigenvalue weighted by Crippen LogP contribution is -2.60. The first-order chi connectivity index (χ1) is 11.2. The van der Waals surface area contributed by atoms with Crippen molar-refractivity contribution in [2.75, 3.05) is 7.11 Å². The van der Waals surface area contributed by atoms with Gasteiger partial charge in [0.1, 0.15) is 35.6 Å². The Morgan fingerprint density at radius 2 is 2.00 bits per heavy atom. The molecule has 3 atom stereocenters. The lowest BCUT2D eigenvalue weighted by atomic mass is 9.79. The average molecular weight is 334 g/mol. The van der Waals surface area contributed by atoms with E-state index >= 15 is 0 Å². The number of Topliss-reactive ketones (excluding diaryl/α,β-unsaturated/α-hetero) is 1. The lowest BCUT2D eigenvalue weighted by molar-refractivity contribution is -0.167. The molecular formula is C18H22O6. The zero-order valence-corrected chi connectivity index (χ0v) is 14.5. The second-order valence-electron chi connectivity index (χ2n) is 6.58. The van der Waals surface area contributed by atoms with Crippen LogP contribution in [0.3, 0.4) is 0 Å². The molecule has 0 fully saturated rings. The molecule has 0 saturated carbocycles. The predicted molar refractivity (Wildman–Crippen MR) is 85.9 cm³/mol. The van der Waals surface area contributed by atoms with Crippen molar-refractivity contribution in [2.24, 2.45) is 0 Å². The fraction of sp³-hybridized carbons (Fsp3) is 0.500. The lowest BCUT2D eigenvalue weighted by Gasteiger charge is -2.42. The van der Waals surface area contributed by atoms with Gasteiger partial charge >= 0.3 is 0 Å². The van der Waals surface area contributed by atoms with Crippen molar-refractivity contribution < 1.29 is 29.2 Å². The number of hydrogen-bond donors (Lipinski definition) is 2. The summed E-state index contributed by atoms with van der Waals surface area (Å²) in [4.78, 5) is 12.4. The first-order valence-corrected chi connectivity index (χ1v) is 7.82. The molecule has 0 bridgehead atoms. The number of aromatic hydroxyl groups is 1. The number of phenols is 1. The van der Waals surface area contributed by atoms with Crippen LogP contribution in [-0.4, -0.2) is 40.9 Å². The van der Waals surface area contributed by atoms with Gasteiger partial charge in [-0.1, -0.05) is 0 Å². The summed E-state index contributed by atoms with van der Waals surface area (Å²) in [7, 11) is 1.42. The standard InChI is InChI=1S/C18H22O6/c1-8-6-12(19)9(2)14-11(8)7-23-15-10(3)13(20)16(21)18(4,22-5)17(15)24-14/h6,16-17,19,21H,7H2,1-5H3/t16-,17-,18+/m1/s1. The number of methoxy groups -OCH3 is 1. The van der Waals surface area contributed by atoms with Crippen molar-refractivity contribution in [1.82, 2.24) is 0 Å². The van der Waals surface area contributed by atoms with Crippen LogP contribution in [0, 0.1) is 13.8 Å². The molecule has 24 heavy (non-hydrogen) atoms. The Labute approximate surface area is 140 Å². The molecule has 1 aliphatic carbocycles. The molecule has 1 aromatic rings. The molecular weight excluding hydrogens is 312 g/mol. The summed E-state index contributed by atoms with van der Waals surface area (Å²) in [5.41, 5.74) is 1.26. The van der Waals surface area contributed by atoms with Gasteiger partial charge in [0.05, 0.1) is 0 Å². The highest BCUT2D eigenvalue weighted by molar-refractivity contribution is 6.01. The van der Waals surface area contributed by atoms with Gasteiger partial charge in [-0.25, -0.2) is 0 Å². The third-order valence-electron chi connectivity index (χ3n) is 5.16. The number of phenolic OH excluding ortho intramolecular Hbond substituents is 1. The molecule has 0 radical (unpaired) electrons. The van der Waals surface area contributed by atoms with Gasteiger partial charge in [-0.2, -0.15) is 0 Å². The van der Waals surface area contributed by atoms with Crippen molar-refractivity contribution in [3.05, 3.63) is 34.1 Å². The molecule has 1 heterocycles. The third-order valence-corrected chi connectivity index (χ3v) is 5.16. The van der Waals surface area contributed by atoms with Crippen LogP contribution in [0.5, 0.6) is 11.5 Å². The van der Waals surface area contributed by atoms with E-state index in [1.807, 2.05) is 6.92 Å². The fourth-order valence-electron chi connectivity index (χ4n) is 3.29. The molecule has 6 heteroatoms. The molecule has 0 amide bonds. The van der Waals surface area contributed by atoms with Gasteiger partial charge in [0.25, 0.3) is 0 Å². The Bertz CT molecular complexity index is 750. The Hall–Kier alpha value is -2.05. The molecule has 0 spiro atoms. The number of rotatable bonds is 1. The van der Waals surface area contributed by atoms with E-state index in [1.54, 1.807) is 26.8 Å². The second kappa shape index (κ2) is 5.50. The normalized spacial score (nSPS) is 29.3. The van der Waals surface area contributed by atoms with Crippen molar-refractivity contribution >= 4 is 5.78 Å².